The van der Waals surface area contributed by atoms with E-state index >= 15 is 0 Å². The molecular formula is C26H30N2O5. The van der Waals surface area contributed by atoms with Crippen LogP contribution >= 0.6 is 0 Å². The highest BCUT2D eigenvalue weighted by molar-refractivity contribution is 5.93. The van der Waals surface area contributed by atoms with Crippen LogP contribution < -0.4 is 15.4 Å². The number of carbonyl (C=O) groups is 3. The largest absolute Gasteiger partial charge is 0.497 e. The van der Waals surface area contributed by atoms with Gasteiger partial charge in [0.2, 0.25) is 11.8 Å². The maximum absolute atomic E-state index is 12.1. The zero-order chi connectivity index (χ0) is 23.9. The predicted molar refractivity (Wildman–Crippen MR) is 128 cm³/mol. The molecule has 2 aromatic rings. The number of nitrogens with one attached hydrogen (secondary N) is 2. The number of methoxy groups -OCH3 is 1. The molecule has 0 aliphatic carbocycles. The molecule has 0 bridgehead atoms. The van der Waals surface area contributed by atoms with Crippen LogP contribution in [0.25, 0.3) is 6.08 Å². The highest BCUT2D eigenvalue weighted by atomic mass is 16.5. The molecule has 0 radical (unpaired) electrons. The minimum atomic E-state index is -0.470. The zero-order valence-electron chi connectivity index (χ0n) is 19.0. The van der Waals surface area contributed by atoms with Crippen molar-refractivity contribution in [2.24, 2.45) is 0 Å². The molecule has 2 amide bonds. The third-order valence-corrected chi connectivity index (χ3v) is 4.70. The molecule has 174 valence electrons. The second-order valence-electron chi connectivity index (χ2n) is 7.21. The molecular weight excluding hydrogens is 420 g/mol. The number of esters is 1. The minimum Gasteiger partial charge on any atom is -0.497 e. The van der Waals surface area contributed by atoms with Crippen molar-refractivity contribution in [3.63, 3.8) is 0 Å². The third kappa shape index (κ3) is 9.86. The van der Waals surface area contributed by atoms with Gasteiger partial charge in [-0.15, -0.1) is 0 Å². The number of carbonyl (C=O) groups excluding carboxylic acids is 3. The van der Waals surface area contributed by atoms with E-state index in [1.54, 1.807) is 50.5 Å². The first-order chi connectivity index (χ1) is 16.0. The van der Waals surface area contributed by atoms with Crippen molar-refractivity contribution >= 4 is 23.9 Å². The lowest BCUT2D eigenvalue weighted by atomic mass is 10.2. The summed E-state index contributed by atoms with van der Waals surface area (Å²) in [5.74, 6) is -0.180. The van der Waals surface area contributed by atoms with Crippen molar-refractivity contribution in [3.8, 4) is 5.75 Å². The van der Waals surface area contributed by atoms with Gasteiger partial charge in [-0.05, 0) is 61.7 Å². The minimum absolute atomic E-state index is 0.00659. The summed E-state index contributed by atoms with van der Waals surface area (Å²) < 4.78 is 10.2. The van der Waals surface area contributed by atoms with E-state index in [1.807, 2.05) is 30.3 Å². The van der Waals surface area contributed by atoms with Crippen molar-refractivity contribution in [3.05, 3.63) is 83.4 Å². The van der Waals surface area contributed by atoms with Gasteiger partial charge in [0, 0.05) is 24.7 Å². The summed E-state index contributed by atoms with van der Waals surface area (Å²) in [4.78, 5) is 35.9. The third-order valence-electron chi connectivity index (χ3n) is 4.70. The first kappa shape index (κ1) is 25.4. The topological polar surface area (TPSA) is 93.7 Å². The van der Waals surface area contributed by atoms with E-state index in [0.29, 0.717) is 30.0 Å². The van der Waals surface area contributed by atoms with Gasteiger partial charge in [0.25, 0.3) is 0 Å². The molecule has 0 heterocycles. The normalized spacial score (nSPS) is 11.2. The monoisotopic (exact) mass is 450 g/mol. The molecule has 0 saturated carbocycles. The summed E-state index contributed by atoms with van der Waals surface area (Å²) in [7, 11) is 1.55. The van der Waals surface area contributed by atoms with Crippen molar-refractivity contribution in [1.29, 1.82) is 0 Å². The Morgan fingerprint density at radius 1 is 0.909 bits per heavy atom. The van der Waals surface area contributed by atoms with E-state index in [2.05, 4.69) is 10.6 Å². The van der Waals surface area contributed by atoms with E-state index in [4.69, 9.17) is 9.47 Å². The van der Waals surface area contributed by atoms with Gasteiger partial charge >= 0.3 is 5.97 Å². The standard InChI is InChI=1S/C26H30N2O5/c1-20(16-19-33-26(31)22-11-13-23(32-2)14-12-22)25(30)28-18-7-6-17-27-24(29)15-10-21-8-4-3-5-9-21/h3-5,8-16H,6-7,17-19H2,1-2H3,(H,27,29)(H,28,30). The summed E-state index contributed by atoms with van der Waals surface area (Å²) >= 11 is 0. The molecule has 2 aromatic carbocycles. The number of unbranched alkanes of at least 4 members (excludes halogenated alkanes) is 1. The van der Waals surface area contributed by atoms with Crippen LogP contribution in [0.4, 0.5) is 0 Å². The Kier molecular flexibility index (Phi) is 11.0. The van der Waals surface area contributed by atoms with E-state index < -0.39 is 5.97 Å². The van der Waals surface area contributed by atoms with E-state index in [9.17, 15) is 14.4 Å². The fraction of sp³-hybridized carbons (Fsp3) is 0.269. The van der Waals surface area contributed by atoms with Crippen molar-refractivity contribution in [2.45, 2.75) is 19.8 Å². The average Bonchev–Trinajstić information content (AvgIpc) is 2.85. The van der Waals surface area contributed by atoms with Gasteiger partial charge in [-0.1, -0.05) is 30.3 Å². The lowest BCUT2D eigenvalue weighted by molar-refractivity contribution is -0.118. The number of hydrogen-bond donors (Lipinski definition) is 2. The van der Waals surface area contributed by atoms with Crippen LogP contribution in [0.2, 0.25) is 0 Å². The Morgan fingerprint density at radius 2 is 1.58 bits per heavy atom. The molecule has 2 N–H and O–H groups in total. The molecule has 0 spiro atoms. The van der Waals surface area contributed by atoms with Crippen LogP contribution in [0.1, 0.15) is 35.7 Å². The fourth-order valence-corrected chi connectivity index (χ4v) is 2.74. The number of rotatable bonds is 12. The van der Waals surface area contributed by atoms with E-state index in [1.165, 1.54) is 6.08 Å². The number of amides is 2. The van der Waals surface area contributed by atoms with Gasteiger partial charge in [-0.25, -0.2) is 4.79 Å². The molecule has 0 aliphatic heterocycles. The highest BCUT2D eigenvalue weighted by Crippen LogP contribution is 2.12. The number of ether oxygens (including phenoxy) is 2. The second-order valence-corrected chi connectivity index (χ2v) is 7.21. The van der Waals surface area contributed by atoms with Crippen molar-refractivity contribution < 1.29 is 23.9 Å². The molecule has 0 unspecified atom stereocenters. The molecule has 0 aliphatic rings. The van der Waals surface area contributed by atoms with Crippen LogP contribution in [-0.2, 0) is 14.3 Å². The Balaban J connectivity index is 1.57. The molecule has 7 heteroatoms. The first-order valence-electron chi connectivity index (χ1n) is 10.8. The van der Waals surface area contributed by atoms with Crippen LogP contribution in [0.3, 0.4) is 0 Å². The maximum atomic E-state index is 12.1. The SMILES string of the molecule is COc1ccc(C(=O)OCC=C(C)C(=O)NCCCCNC(=O)C=Cc2ccccc2)cc1. The molecule has 0 saturated heterocycles. The van der Waals surface area contributed by atoms with E-state index in [0.717, 1.165) is 18.4 Å². The summed E-state index contributed by atoms with van der Waals surface area (Å²) in [6.45, 7) is 2.69. The van der Waals surface area contributed by atoms with Gasteiger partial charge < -0.3 is 20.1 Å². The van der Waals surface area contributed by atoms with Crippen LogP contribution in [0, 0.1) is 0 Å². The zero-order valence-corrected chi connectivity index (χ0v) is 19.0. The number of hydrogen-bond acceptors (Lipinski definition) is 5. The molecule has 0 fully saturated rings. The number of benzene rings is 2. The summed E-state index contributed by atoms with van der Waals surface area (Å²) in [6, 6.07) is 16.2. The first-order valence-corrected chi connectivity index (χ1v) is 10.8. The van der Waals surface area contributed by atoms with Crippen molar-refractivity contribution in [1.82, 2.24) is 10.6 Å². The quantitative estimate of drug-likeness (QED) is 0.293. The van der Waals surface area contributed by atoms with Gasteiger partial charge in [0.05, 0.1) is 12.7 Å². The summed E-state index contributed by atoms with van der Waals surface area (Å²) in [5, 5.41) is 5.63. The average molecular weight is 451 g/mol. The van der Waals surface area contributed by atoms with Gasteiger partial charge in [0.1, 0.15) is 12.4 Å². The Hall–Kier alpha value is -3.87. The molecule has 2 rings (SSSR count). The lowest BCUT2D eigenvalue weighted by Crippen LogP contribution is -2.27. The van der Waals surface area contributed by atoms with Gasteiger partial charge in [-0.3, -0.25) is 9.59 Å². The maximum Gasteiger partial charge on any atom is 0.338 e. The fourth-order valence-electron chi connectivity index (χ4n) is 2.74. The van der Waals surface area contributed by atoms with Crippen LogP contribution in [-0.4, -0.2) is 44.6 Å². The van der Waals surface area contributed by atoms with Gasteiger partial charge in [-0.2, -0.15) is 0 Å². The highest BCUT2D eigenvalue weighted by Gasteiger charge is 2.07. The summed E-state index contributed by atoms with van der Waals surface area (Å²) in [6.07, 6.45) is 6.31. The Labute approximate surface area is 194 Å². The van der Waals surface area contributed by atoms with Gasteiger partial charge in [0.15, 0.2) is 0 Å². The molecule has 0 aromatic heterocycles. The molecule has 7 nitrogen and oxygen atoms in total. The second kappa shape index (κ2) is 14.2. The predicted octanol–water partition coefficient (Wildman–Crippen LogP) is 3.52. The van der Waals surface area contributed by atoms with Crippen molar-refractivity contribution in [2.75, 3.05) is 26.8 Å². The Morgan fingerprint density at radius 3 is 2.24 bits per heavy atom. The van der Waals surface area contributed by atoms with E-state index in [-0.39, 0.29) is 18.4 Å². The lowest BCUT2D eigenvalue weighted by Gasteiger charge is -2.07. The van der Waals surface area contributed by atoms with Crippen LogP contribution in [0.5, 0.6) is 5.75 Å². The Bertz CT molecular complexity index is 966. The van der Waals surface area contributed by atoms with Crippen LogP contribution in [0.15, 0.2) is 72.3 Å². The molecule has 33 heavy (non-hydrogen) atoms. The smallest absolute Gasteiger partial charge is 0.338 e. The summed E-state index contributed by atoms with van der Waals surface area (Å²) in [5.41, 5.74) is 1.85. The molecule has 0 atom stereocenters.